The van der Waals surface area contributed by atoms with Gasteiger partial charge in [0.2, 0.25) is 0 Å². The van der Waals surface area contributed by atoms with Crippen molar-refractivity contribution in [1.29, 1.82) is 0 Å². The van der Waals surface area contributed by atoms with Crippen LogP contribution >= 0.6 is 0 Å². The first-order valence-corrected chi connectivity index (χ1v) is 6.92. The van der Waals surface area contributed by atoms with Gasteiger partial charge in [-0.25, -0.2) is 0 Å². The van der Waals surface area contributed by atoms with Gasteiger partial charge in [0.05, 0.1) is 6.61 Å². The molecule has 2 heteroatoms. The quantitative estimate of drug-likeness (QED) is 0.579. The number of methoxy groups -OCH3 is 1. The Morgan fingerprint density at radius 3 is 2.62 bits per heavy atom. The first-order valence-electron chi connectivity index (χ1n) is 6.92. The van der Waals surface area contributed by atoms with Crippen molar-refractivity contribution in [2.45, 2.75) is 52.4 Å². The zero-order valence-corrected chi connectivity index (χ0v) is 11.3. The zero-order chi connectivity index (χ0) is 11.9. The number of nitrogens with one attached hydrogen (secondary N) is 1. The maximum Gasteiger partial charge on any atom is 0.0587 e. The molecule has 0 aliphatic heterocycles. The van der Waals surface area contributed by atoms with E-state index in [1.807, 2.05) is 0 Å². The molecular formula is C14H29NO. The molecule has 1 aliphatic rings. The second-order valence-electron chi connectivity index (χ2n) is 5.55. The van der Waals surface area contributed by atoms with Crippen LogP contribution in [0.5, 0.6) is 0 Å². The Hall–Kier alpha value is -0.0800. The minimum absolute atomic E-state index is 0.545. The summed E-state index contributed by atoms with van der Waals surface area (Å²) >= 11 is 0. The lowest BCUT2D eigenvalue weighted by atomic mass is 9.79. The molecule has 0 spiro atoms. The fourth-order valence-electron chi connectivity index (χ4n) is 2.54. The lowest BCUT2D eigenvalue weighted by molar-refractivity contribution is 0.182. The molecule has 0 bridgehead atoms. The first-order chi connectivity index (χ1) is 7.73. The van der Waals surface area contributed by atoms with Crippen LogP contribution in [0.15, 0.2) is 0 Å². The average molecular weight is 227 g/mol. The highest BCUT2D eigenvalue weighted by Crippen LogP contribution is 2.48. The van der Waals surface area contributed by atoms with Gasteiger partial charge in [-0.3, -0.25) is 0 Å². The molecule has 1 aliphatic carbocycles. The fourth-order valence-corrected chi connectivity index (χ4v) is 2.54. The molecule has 0 amide bonds. The van der Waals surface area contributed by atoms with E-state index in [9.17, 15) is 0 Å². The maximum absolute atomic E-state index is 5.07. The van der Waals surface area contributed by atoms with E-state index in [1.54, 1.807) is 7.11 Å². The molecule has 2 nitrogen and oxygen atoms in total. The van der Waals surface area contributed by atoms with Crippen LogP contribution < -0.4 is 5.32 Å². The SMILES string of the molecule is CCCCCC(C)(CNCCOC)C1CC1. The summed E-state index contributed by atoms with van der Waals surface area (Å²) in [6, 6.07) is 0. The van der Waals surface area contributed by atoms with Crippen molar-refractivity contribution >= 4 is 0 Å². The van der Waals surface area contributed by atoms with Crippen molar-refractivity contribution in [1.82, 2.24) is 5.32 Å². The van der Waals surface area contributed by atoms with E-state index >= 15 is 0 Å². The summed E-state index contributed by atoms with van der Waals surface area (Å²) in [5.41, 5.74) is 0.545. The van der Waals surface area contributed by atoms with Gasteiger partial charge in [-0.1, -0.05) is 33.1 Å². The minimum Gasteiger partial charge on any atom is -0.383 e. The Balaban J connectivity index is 2.21. The van der Waals surface area contributed by atoms with Crippen molar-refractivity contribution in [3.63, 3.8) is 0 Å². The van der Waals surface area contributed by atoms with Crippen LogP contribution in [-0.2, 0) is 4.74 Å². The normalized spacial score (nSPS) is 19.7. The van der Waals surface area contributed by atoms with Gasteiger partial charge in [0.25, 0.3) is 0 Å². The van der Waals surface area contributed by atoms with Gasteiger partial charge in [0.15, 0.2) is 0 Å². The average Bonchev–Trinajstić information content (AvgIpc) is 3.09. The van der Waals surface area contributed by atoms with Crippen LogP contribution in [0.25, 0.3) is 0 Å². The Morgan fingerprint density at radius 2 is 2.06 bits per heavy atom. The molecule has 1 saturated carbocycles. The summed E-state index contributed by atoms with van der Waals surface area (Å²) < 4.78 is 5.07. The van der Waals surface area contributed by atoms with Crippen molar-refractivity contribution in [3.05, 3.63) is 0 Å². The number of hydrogen-bond acceptors (Lipinski definition) is 2. The van der Waals surface area contributed by atoms with E-state index in [2.05, 4.69) is 19.2 Å². The smallest absolute Gasteiger partial charge is 0.0587 e. The van der Waals surface area contributed by atoms with E-state index in [1.165, 1.54) is 45.1 Å². The number of rotatable bonds is 10. The van der Waals surface area contributed by atoms with Crippen LogP contribution in [0.3, 0.4) is 0 Å². The second kappa shape index (κ2) is 7.29. The third-order valence-electron chi connectivity index (χ3n) is 3.93. The predicted molar refractivity (Wildman–Crippen MR) is 69.7 cm³/mol. The molecule has 0 saturated heterocycles. The summed E-state index contributed by atoms with van der Waals surface area (Å²) in [6.45, 7) is 7.75. The topological polar surface area (TPSA) is 21.3 Å². The van der Waals surface area contributed by atoms with Crippen LogP contribution in [-0.4, -0.2) is 26.8 Å². The minimum atomic E-state index is 0.545. The van der Waals surface area contributed by atoms with Crippen molar-refractivity contribution in [2.24, 2.45) is 11.3 Å². The Kier molecular flexibility index (Phi) is 6.37. The van der Waals surface area contributed by atoms with Gasteiger partial charge in [0.1, 0.15) is 0 Å². The van der Waals surface area contributed by atoms with Gasteiger partial charge >= 0.3 is 0 Å². The fraction of sp³-hybridized carbons (Fsp3) is 1.00. The third-order valence-corrected chi connectivity index (χ3v) is 3.93. The number of hydrogen-bond donors (Lipinski definition) is 1. The highest BCUT2D eigenvalue weighted by molar-refractivity contribution is 4.92. The van der Waals surface area contributed by atoms with Gasteiger partial charge in [-0.05, 0) is 30.6 Å². The standard InChI is InChI=1S/C14H29NO/c1-4-5-6-9-14(2,13-7-8-13)12-15-10-11-16-3/h13,15H,4-12H2,1-3H3. The van der Waals surface area contributed by atoms with E-state index < -0.39 is 0 Å². The zero-order valence-electron chi connectivity index (χ0n) is 11.3. The molecule has 1 unspecified atom stereocenters. The molecular weight excluding hydrogens is 198 g/mol. The van der Waals surface area contributed by atoms with Crippen LogP contribution in [0, 0.1) is 11.3 Å². The summed E-state index contributed by atoms with van der Waals surface area (Å²) in [5, 5.41) is 3.55. The Labute approximate surface area is 101 Å². The monoisotopic (exact) mass is 227 g/mol. The van der Waals surface area contributed by atoms with Crippen molar-refractivity contribution in [3.8, 4) is 0 Å². The molecule has 1 fully saturated rings. The molecule has 0 radical (unpaired) electrons. The Morgan fingerprint density at radius 1 is 1.31 bits per heavy atom. The highest BCUT2D eigenvalue weighted by atomic mass is 16.5. The molecule has 0 aromatic heterocycles. The highest BCUT2D eigenvalue weighted by Gasteiger charge is 2.40. The molecule has 96 valence electrons. The largest absolute Gasteiger partial charge is 0.383 e. The van der Waals surface area contributed by atoms with Crippen LogP contribution in [0.2, 0.25) is 0 Å². The lowest BCUT2D eigenvalue weighted by Crippen LogP contribution is -2.35. The third kappa shape index (κ3) is 4.84. The molecule has 1 N–H and O–H groups in total. The first kappa shape index (κ1) is 14.0. The summed E-state index contributed by atoms with van der Waals surface area (Å²) in [6.07, 6.45) is 8.42. The summed E-state index contributed by atoms with van der Waals surface area (Å²) in [7, 11) is 1.77. The predicted octanol–water partition coefficient (Wildman–Crippen LogP) is 3.22. The second-order valence-corrected chi connectivity index (χ2v) is 5.55. The van der Waals surface area contributed by atoms with Crippen LogP contribution in [0.4, 0.5) is 0 Å². The summed E-state index contributed by atoms with van der Waals surface area (Å²) in [5.74, 6) is 0.986. The molecule has 0 aromatic rings. The van der Waals surface area contributed by atoms with Gasteiger partial charge in [-0.15, -0.1) is 0 Å². The van der Waals surface area contributed by atoms with E-state index in [0.29, 0.717) is 5.41 Å². The van der Waals surface area contributed by atoms with E-state index in [0.717, 1.165) is 19.1 Å². The molecule has 16 heavy (non-hydrogen) atoms. The van der Waals surface area contributed by atoms with Crippen molar-refractivity contribution < 1.29 is 4.74 Å². The number of ether oxygens (including phenoxy) is 1. The van der Waals surface area contributed by atoms with Crippen LogP contribution in [0.1, 0.15) is 52.4 Å². The summed E-state index contributed by atoms with van der Waals surface area (Å²) in [4.78, 5) is 0. The molecule has 1 atom stereocenters. The van der Waals surface area contributed by atoms with E-state index in [4.69, 9.17) is 4.74 Å². The van der Waals surface area contributed by atoms with Gasteiger partial charge < -0.3 is 10.1 Å². The number of unbranched alkanes of at least 4 members (excludes halogenated alkanes) is 2. The van der Waals surface area contributed by atoms with Crippen molar-refractivity contribution in [2.75, 3.05) is 26.8 Å². The molecule has 0 aromatic carbocycles. The maximum atomic E-state index is 5.07. The van der Waals surface area contributed by atoms with Gasteiger partial charge in [0, 0.05) is 20.2 Å². The molecule has 0 heterocycles. The lowest BCUT2D eigenvalue weighted by Gasteiger charge is -2.30. The van der Waals surface area contributed by atoms with E-state index in [-0.39, 0.29) is 0 Å². The Bertz CT molecular complexity index is 180. The molecule has 1 rings (SSSR count). The van der Waals surface area contributed by atoms with Gasteiger partial charge in [-0.2, -0.15) is 0 Å².